The number of hydrogen-bond donors (Lipinski definition) is 1. The molecule has 1 saturated heterocycles. The first kappa shape index (κ1) is 14.3. The summed E-state index contributed by atoms with van der Waals surface area (Å²) in [5, 5.41) is 0. The Labute approximate surface area is 131 Å². The molecular weight excluding hydrogens is 334 g/mol. The highest BCUT2D eigenvalue weighted by atomic mass is 79.9. The normalized spacial score (nSPS) is 20.2. The Hall–Kier alpha value is -1.60. The largest absolute Gasteiger partial charge is 0.375 e. The number of pyridine rings is 1. The van der Waals surface area contributed by atoms with E-state index in [1.807, 2.05) is 35.9 Å². The third-order valence-electron chi connectivity index (χ3n) is 3.43. The van der Waals surface area contributed by atoms with Gasteiger partial charge in [0, 0.05) is 30.0 Å². The van der Waals surface area contributed by atoms with Crippen LogP contribution in [-0.2, 0) is 11.3 Å². The number of halogens is 1. The van der Waals surface area contributed by atoms with Crippen LogP contribution < -0.4 is 5.73 Å². The minimum Gasteiger partial charge on any atom is -0.375 e. The quantitative estimate of drug-likeness (QED) is 0.659. The minimum atomic E-state index is 0.194. The molecule has 2 aromatic heterocycles. The van der Waals surface area contributed by atoms with Crippen LogP contribution in [0.1, 0.15) is 12.6 Å². The number of hydrogen-bond acceptors (Lipinski definition) is 3. The van der Waals surface area contributed by atoms with Gasteiger partial charge in [-0.1, -0.05) is 0 Å². The third-order valence-corrected chi connectivity index (χ3v) is 3.90. The van der Waals surface area contributed by atoms with Gasteiger partial charge in [0.2, 0.25) is 0 Å². The Morgan fingerprint density at radius 3 is 3.19 bits per heavy atom. The first-order chi connectivity index (χ1) is 10.1. The van der Waals surface area contributed by atoms with Gasteiger partial charge in [0.1, 0.15) is 5.65 Å². The standard InChI is InChI=1S/C14H18BrN5O/c1-10-7-19(4-5-21-10)14(16)17-6-12-9-20-8-11(15)2-3-13(20)18-12/h2-3,8-10H,4-7H2,1H3,(H2,16,17). The smallest absolute Gasteiger partial charge is 0.191 e. The summed E-state index contributed by atoms with van der Waals surface area (Å²) in [7, 11) is 0. The van der Waals surface area contributed by atoms with Gasteiger partial charge in [0.05, 0.1) is 24.9 Å². The number of rotatable bonds is 2. The van der Waals surface area contributed by atoms with E-state index in [4.69, 9.17) is 10.5 Å². The summed E-state index contributed by atoms with van der Waals surface area (Å²) in [6, 6.07) is 3.93. The average Bonchev–Trinajstić information content (AvgIpc) is 2.86. The molecule has 1 fully saturated rings. The molecule has 6 nitrogen and oxygen atoms in total. The number of imidazole rings is 1. The molecule has 0 bridgehead atoms. The number of aliphatic imine (C=N–C) groups is 1. The maximum absolute atomic E-state index is 6.06. The van der Waals surface area contributed by atoms with Crippen LogP contribution in [0.25, 0.3) is 5.65 Å². The van der Waals surface area contributed by atoms with Crippen LogP contribution in [-0.4, -0.2) is 46.0 Å². The van der Waals surface area contributed by atoms with E-state index >= 15 is 0 Å². The first-order valence-electron chi connectivity index (χ1n) is 6.91. The number of guanidine groups is 1. The molecule has 1 aliphatic rings. The van der Waals surface area contributed by atoms with Crippen molar-refractivity contribution in [2.75, 3.05) is 19.7 Å². The molecule has 3 rings (SSSR count). The van der Waals surface area contributed by atoms with Crippen LogP contribution in [0.4, 0.5) is 0 Å². The van der Waals surface area contributed by atoms with Gasteiger partial charge in [0.25, 0.3) is 0 Å². The molecule has 0 radical (unpaired) electrons. The monoisotopic (exact) mass is 351 g/mol. The molecule has 0 aliphatic carbocycles. The van der Waals surface area contributed by atoms with Gasteiger partial charge in [0.15, 0.2) is 5.96 Å². The first-order valence-corrected chi connectivity index (χ1v) is 7.71. The Bertz CT molecular complexity index is 668. The predicted molar refractivity (Wildman–Crippen MR) is 85.2 cm³/mol. The summed E-state index contributed by atoms with van der Waals surface area (Å²) in [5.74, 6) is 0.559. The second-order valence-corrected chi connectivity index (χ2v) is 6.06. The number of fused-ring (bicyclic) bond motifs is 1. The van der Waals surface area contributed by atoms with Crippen LogP contribution >= 0.6 is 15.9 Å². The molecule has 3 heterocycles. The van der Waals surface area contributed by atoms with Crippen LogP contribution in [0.2, 0.25) is 0 Å². The fourth-order valence-electron chi connectivity index (χ4n) is 2.38. The topological polar surface area (TPSA) is 68.2 Å². The molecule has 1 aliphatic heterocycles. The molecule has 2 N–H and O–H groups in total. The second-order valence-electron chi connectivity index (χ2n) is 5.15. The van der Waals surface area contributed by atoms with E-state index in [1.54, 1.807) is 0 Å². The van der Waals surface area contributed by atoms with Crippen molar-refractivity contribution in [1.29, 1.82) is 0 Å². The summed E-state index contributed by atoms with van der Waals surface area (Å²) in [4.78, 5) is 11.0. The number of nitrogens with two attached hydrogens (primary N) is 1. The van der Waals surface area contributed by atoms with Crippen LogP contribution in [0.5, 0.6) is 0 Å². The van der Waals surface area contributed by atoms with E-state index < -0.39 is 0 Å². The van der Waals surface area contributed by atoms with Gasteiger partial charge < -0.3 is 19.8 Å². The highest BCUT2D eigenvalue weighted by Gasteiger charge is 2.17. The van der Waals surface area contributed by atoms with Crippen LogP contribution in [0.15, 0.2) is 34.0 Å². The van der Waals surface area contributed by atoms with Gasteiger partial charge in [-0.05, 0) is 35.0 Å². The summed E-state index contributed by atoms with van der Waals surface area (Å²) >= 11 is 3.45. The second kappa shape index (κ2) is 6.03. The van der Waals surface area contributed by atoms with Crippen LogP contribution in [0.3, 0.4) is 0 Å². The van der Waals surface area contributed by atoms with E-state index in [-0.39, 0.29) is 6.10 Å². The van der Waals surface area contributed by atoms with Gasteiger partial charge in [-0.15, -0.1) is 0 Å². The lowest BCUT2D eigenvalue weighted by molar-refractivity contribution is 0.00528. The fraction of sp³-hybridized carbons (Fsp3) is 0.429. The summed E-state index contributed by atoms with van der Waals surface area (Å²) in [5.41, 5.74) is 7.86. The van der Waals surface area contributed by atoms with Crippen molar-refractivity contribution < 1.29 is 4.74 Å². The Balaban J connectivity index is 1.71. The maximum atomic E-state index is 6.06. The van der Waals surface area contributed by atoms with Crippen molar-refractivity contribution in [2.24, 2.45) is 10.7 Å². The molecule has 0 saturated carbocycles. The zero-order chi connectivity index (χ0) is 14.8. The number of nitrogens with zero attached hydrogens (tertiary/aromatic N) is 4. The lowest BCUT2D eigenvalue weighted by Crippen LogP contribution is -2.47. The lowest BCUT2D eigenvalue weighted by Gasteiger charge is -2.31. The van der Waals surface area contributed by atoms with Crippen LogP contribution in [0, 0.1) is 0 Å². The highest BCUT2D eigenvalue weighted by Crippen LogP contribution is 2.13. The highest BCUT2D eigenvalue weighted by molar-refractivity contribution is 9.10. The Morgan fingerprint density at radius 1 is 1.52 bits per heavy atom. The molecule has 7 heteroatoms. The summed E-state index contributed by atoms with van der Waals surface area (Å²) in [6.45, 7) is 4.79. The SMILES string of the molecule is CC1CN(C(N)=NCc2cn3cc(Br)ccc3n2)CCO1. The Morgan fingerprint density at radius 2 is 2.38 bits per heavy atom. The summed E-state index contributed by atoms with van der Waals surface area (Å²) < 4.78 is 8.49. The molecule has 0 amide bonds. The molecule has 0 spiro atoms. The third kappa shape index (κ3) is 3.36. The lowest BCUT2D eigenvalue weighted by atomic mass is 10.3. The molecular formula is C14H18BrN5O. The van der Waals surface area contributed by atoms with Gasteiger partial charge in [-0.2, -0.15) is 0 Å². The van der Waals surface area contributed by atoms with Gasteiger partial charge >= 0.3 is 0 Å². The van der Waals surface area contributed by atoms with E-state index in [0.717, 1.165) is 28.9 Å². The molecule has 0 aromatic carbocycles. The van der Waals surface area contributed by atoms with E-state index in [1.165, 1.54) is 0 Å². The zero-order valence-electron chi connectivity index (χ0n) is 11.9. The van der Waals surface area contributed by atoms with Crippen molar-refractivity contribution in [2.45, 2.75) is 19.6 Å². The van der Waals surface area contributed by atoms with Crippen molar-refractivity contribution in [3.8, 4) is 0 Å². The molecule has 21 heavy (non-hydrogen) atoms. The minimum absolute atomic E-state index is 0.194. The average molecular weight is 352 g/mol. The Kier molecular flexibility index (Phi) is 4.12. The van der Waals surface area contributed by atoms with Gasteiger partial charge in [-0.3, -0.25) is 0 Å². The number of aromatic nitrogens is 2. The number of morpholine rings is 1. The maximum Gasteiger partial charge on any atom is 0.191 e. The predicted octanol–water partition coefficient (Wildman–Crippen LogP) is 1.63. The fourth-order valence-corrected chi connectivity index (χ4v) is 2.73. The molecule has 1 unspecified atom stereocenters. The summed E-state index contributed by atoms with van der Waals surface area (Å²) in [6.07, 6.45) is 4.14. The molecule has 2 aromatic rings. The number of ether oxygens (including phenoxy) is 1. The van der Waals surface area contributed by atoms with Crippen molar-refractivity contribution in [3.05, 3.63) is 34.7 Å². The zero-order valence-corrected chi connectivity index (χ0v) is 13.5. The van der Waals surface area contributed by atoms with E-state index in [9.17, 15) is 0 Å². The van der Waals surface area contributed by atoms with Crippen molar-refractivity contribution >= 4 is 27.5 Å². The van der Waals surface area contributed by atoms with Crippen molar-refractivity contribution in [3.63, 3.8) is 0 Å². The molecule has 1 atom stereocenters. The van der Waals surface area contributed by atoms with E-state index in [2.05, 4.69) is 30.8 Å². The molecule has 112 valence electrons. The van der Waals surface area contributed by atoms with Gasteiger partial charge in [-0.25, -0.2) is 9.98 Å². The van der Waals surface area contributed by atoms with E-state index in [0.29, 0.717) is 19.1 Å². The van der Waals surface area contributed by atoms with Crippen molar-refractivity contribution in [1.82, 2.24) is 14.3 Å².